The zero-order valence-corrected chi connectivity index (χ0v) is 16.6. The van der Waals surface area contributed by atoms with Crippen molar-refractivity contribution < 1.29 is 45.3 Å². The van der Waals surface area contributed by atoms with Crippen molar-refractivity contribution in [1.29, 1.82) is 0 Å². The number of aliphatic hydroxyl groups is 4. The molecule has 2 aromatic rings. The molecule has 1 saturated heterocycles. The number of carbonyl (C=O) groups is 1. The number of rotatable bonds is 7. The van der Waals surface area contributed by atoms with E-state index in [1.165, 1.54) is 18.2 Å². The first-order chi connectivity index (χ1) is 14.7. The van der Waals surface area contributed by atoms with E-state index >= 15 is 0 Å². The monoisotopic (exact) mass is 434 g/mol. The highest BCUT2D eigenvalue weighted by Gasteiger charge is 2.43. The lowest BCUT2D eigenvalue weighted by molar-refractivity contribution is -0.228. The Kier molecular flexibility index (Phi) is 7.14. The summed E-state index contributed by atoms with van der Waals surface area (Å²) < 4.78 is 5.48. The third-order valence-electron chi connectivity index (χ3n) is 5.45. The Morgan fingerprint density at radius 3 is 2.16 bits per heavy atom. The number of phenolic OH excluding ortho intramolecular Hbond substituents is 3. The lowest BCUT2D eigenvalue weighted by Gasteiger charge is -2.40. The Morgan fingerprint density at radius 1 is 0.871 bits per heavy atom. The van der Waals surface area contributed by atoms with E-state index in [0.717, 1.165) is 11.6 Å². The van der Waals surface area contributed by atoms with Crippen LogP contribution in [0.2, 0.25) is 0 Å². The first-order valence-corrected chi connectivity index (χ1v) is 9.87. The standard InChI is InChI=1S/C22H26O9/c23-10-18-21(29)22(30)20(28)17(31-18)8-12-7-14(25)9-16(27)19(12)15(26)6-3-11-1-4-13(24)5-2-11/h1-2,4-5,7,9,17-18,20-25,27-30H,3,6,8,10H2/t17-,18+,20-,21+,22+/m0/s1. The van der Waals surface area contributed by atoms with Gasteiger partial charge in [-0.2, -0.15) is 0 Å². The Hall–Kier alpha value is -2.69. The zero-order chi connectivity index (χ0) is 22.7. The van der Waals surface area contributed by atoms with Gasteiger partial charge in [-0.15, -0.1) is 0 Å². The molecule has 9 heteroatoms. The molecule has 0 bridgehead atoms. The van der Waals surface area contributed by atoms with Gasteiger partial charge in [0.2, 0.25) is 0 Å². The summed E-state index contributed by atoms with van der Waals surface area (Å²) in [5, 5.41) is 69.1. The van der Waals surface area contributed by atoms with Crippen LogP contribution in [0.25, 0.3) is 0 Å². The number of hydrogen-bond acceptors (Lipinski definition) is 9. The van der Waals surface area contributed by atoms with E-state index in [1.807, 2.05) is 0 Å². The first kappa shape index (κ1) is 23.0. The van der Waals surface area contributed by atoms with E-state index in [0.29, 0.717) is 6.42 Å². The maximum absolute atomic E-state index is 12.9. The number of aliphatic hydroxyl groups excluding tert-OH is 4. The molecule has 31 heavy (non-hydrogen) atoms. The second kappa shape index (κ2) is 9.63. The fraction of sp³-hybridized carbons (Fsp3) is 0.409. The summed E-state index contributed by atoms with van der Waals surface area (Å²) in [6, 6.07) is 8.65. The van der Waals surface area contributed by atoms with Gasteiger partial charge in [0, 0.05) is 18.9 Å². The van der Waals surface area contributed by atoms with Crippen LogP contribution >= 0.6 is 0 Å². The number of hydrogen-bond donors (Lipinski definition) is 7. The summed E-state index contributed by atoms with van der Waals surface area (Å²) >= 11 is 0. The van der Waals surface area contributed by atoms with E-state index in [-0.39, 0.29) is 35.5 Å². The van der Waals surface area contributed by atoms with E-state index in [2.05, 4.69) is 0 Å². The molecule has 9 nitrogen and oxygen atoms in total. The summed E-state index contributed by atoms with van der Waals surface area (Å²) in [5.74, 6) is -1.04. The minimum atomic E-state index is -1.57. The molecule has 0 spiro atoms. The van der Waals surface area contributed by atoms with Gasteiger partial charge in [-0.3, -0.25) is 4.79 Å². The molecule has 3 rings (SSSR count). The van der Waals surface area contributed by atoms with Gasteiger partial charge in [0.1, 0.15) is 41.7 Å². The van der Waals surface area contributed by atoms with Crippen molar-refractivity contribution in [3.63, 3.8) is 0 Å². The zero-order valence-electron chi connectivity index (χ0n) is 16.6. The molecule has 7 N–H and O–H groups in total. The fourth-order valence-corrected chi connectivity index (χ4v) is 3.76. The van der Waals surface area contributed by atoms with Gasteiger partial charge >= 0.3 is 0 Å². The summed E-state index contributed by atoms with van der Waals surface area (Å²) in [5.41, 5.74) is 0.950. The quantitative estimate of drug-likeness (QED) is 0.297. The second-order valence-electron chi connectivity index (χ2n) is 7.66. The molecule has 1 heterocycles. The predicted molar refractivity (Wildman–Crippen MR) is 108 cm³/mol. The molecule has 0 radical (unpaired) electrons. The largest absolute Gasteiger partial charge is 0.508 e. The van der Waals surface area contributed by atoms with Gasteiger partial charge in [0.15, 0.2) is 5.78 Å². The average Bonchev–Trinajstić information content (AvgIpc) is 2.73. The van der Waals surface area contributed by atoms with Crippen molar-refractivity contribution in [2.75, 3.05) is 6.61 Å². The Labute approximate surface area is 178 Å². The molecule has 0 aliphatic carbocycles. The molecule has 0 aromatic heterocycles. The molecule has 0 amide bonds. The minimum Gasteiger partial charge on any atom is -0.508 e. The molecule has 168 valence electrons. The number of Topliss-reactive ketones (excluding diaryl/α,β-unsaturated/α-hetero) is 1. The molecule has 0 unspecified atom stereocenters. The third kappa shape index (κ3) is 5.15. The Bertz CT molecular complexity index is 910. The van der Waals surface area contributed by atoms with Crippen LogP contribution in [0.4, 0.5) is 0 Å². The van der Waals surface area contributed by atoms with Gasteiger partial charge in [-0.05, 0) is 35.7 Å². The van der Waals surface area contributed by atoms with Crippen LogP contribution in [-0.4, -0.2) is 78.7 Å². The van der Waals surface area contributed by atoms with Crippen molar-refractivity contribution >= 4 is 5.78 Å². The highest BCUT2D eigenvalue weighted by Crippen LogP contribution is 2.32. The first-order valence-electron chi connectivity index (χ1n) is 9.87. The number of aryl methyl sites for hydroxylation is 1. The lowest BCUT2D eigenvalue weighted by Crippen LogP contribution is -2.59. The molecule has 5 atom stereocenters. The smallest absolute Gasteiger partial charge is 0.167 e. The van der Waals surface area contributed by atoms with E-state index in [9.17, 15) is 40.5 Å². The molecule has 1 fully saturated rings. The van der Waals surface area contributed by atoms with Gasteiger partial charge in [0.25, 0.3) is 0 Å². The highest BCUT2D eigenvalue weighted by atomic mass is 16.5. The maximum Gasteiger partial charge on any atom is 0.167 e. The number of benzene rings is 2. The molecular weight excluding hydrogens is 408 g/mol. The summed E-state index contributed by atoms with van der Waals surface area (Å²) in [6.45, 7) is -0.592. The maximum atomic E-state index is 12.9. The van der Waals surface area contributed by atoms with Crippen molar-refractivity contribution in [2.45, 2.75) is 49.8 Å². The number of aromatic hydroxyl groups is 3. The van der Waals surface area contributed by atoms with Crippen LogP contribution < -0.4 is 0 Å². The van der Waals surface area contributed by atoms with E-state index < -0.39 is 48.7 Å². The topological polar surface area (TPSA) is 168 Å². The third-order valence-corrected chi connectivity index (χ3v) is 5.45. The van der Waals surface area contributed by atoms with Crippen LogP contribution in [0.1, 0.15) is 27.9 Å². The van der Waals surface area contributed by atoms with Gasteiger partial charge < -0.3 is 40.5 Å². The van der Waals surface area contributed by atoms with E-state index in [1.54, 1.807) is 12.1 Å². The molecule has 1 aliphatic rings. The summed E-state index contributed by atoms with van der Waals surface area (Å²) in [7, 11) is 0. The van der Waals surface area contributed by atoms with Crippen molar-refractivity contribution in [1.82, 2.24) is 0 Å². The van der Waals surface area contributed by atoms with Crippen molar-refractivity contribution in [2.24, 2.45) is 0 Å². The SMILES string of the molecule is O=C(CCc1ccc(O)cc1)c1c(O)cc(O)cc1C[C@@H]1O[C@H](CO)[C@@H](O)[C@H](O)[C@H]1O. The number of carbonyl (C=O) groups excluding carboxylic acids is 1. The molecule has 0 saturated carbocycles. The molecule has 1 aliphatic heterocycles. The van der Waals surface area contributed by atoms with Crippen LogP contribution in [0.15, 0.2) is 36.4 Å². The minimum absolute atomic E-state index is 0.0325. The predicted octanol–water partition coefficient (Wildman–Crippen LogP) is 0.00380. The lowest BCUT2D eigenvalue weighted by atomic mass is 9.88. The summed E-state index contributed by atoms with van der Waals surface area (Å²) in [6.07, 6.45) is -6.59. The molecule has 2 aromatic carbocycles. The molecular formula is C22H26O9. The second-order valence-corrected chi connectivity index (χ2v) is 7.66. The van der Waals surface area contributed by atoms with Crippen LogP contribution in [0, 0.1) is 0 Å². The van der Waals surface area contributed by atoms with Crippen molar-refractivity contribution in [3.8, 4) is 17.2 Å². The van der Waals surface area contributed by atoms with Gasteiger partial charge in [0.05, 0.1) is 18.3 Å². The van der Waals surface area contributed by atoms with E-state index in [4.69, 9.17) is 4.74 Å². The fourth-order valence-electron chi connectivity index (χ4n) is 3.76. The average molecular weight is 434 g/mol. The normalized spacial score (nSPS) is 26.0. The van der Waals surface area contributed by atoms with Crippen LogP contribution in [0.3, 0.4) is 0 Å². The number of ketones is 1. The van der Waals surface area contributed by atoms with Gasteiger partial charge in [-0.25, -0.2) is 0 Å². The van der Waals surface area contributed by atoms with Gasteiger partial charge in [-0.1, -0.05) is 12.1 Å². The highest BCUT2D eigenvalue weighted by molar-refractivity contribution is 6.00. The number of phenols is 3. The summed E-state index contributed by atoms with van der Waals surface area (Å²) in [4.78, 5) is 12.9. The Morgan fingerprint density at radius 2 is 1.52 bits per heavy atom. The number of ether oxygens (including phenoxy) is 1. The van der Waals surface area contributed by atoms with Crippen LogP contribution in [0.5, 0.6) is 17.2 Å². The Balaban J connectivity index is 1.82. The van der Waals surface area contributed by atoms with Crippen LogP contribution in [-0.2, 0) is 17.6 Å². The van der Waals surface area contributed by atoms with Crippen molar-refractivity contribution in [3.05, 3.63) is 53.1 Å².